The van der Waals surface area contributed by atoms with Gasteiger partial charge in [-0.1, -0.05) is 29.8 Å². The Morgan fingerprint density at radius 2 is 1.94 bits per heavy atom. The van der Waals surface area contributed by atoms with E-state index in [1.165, 1.54) is 5.56 Å². The highest BCUT2D eigenvalue weighted by Crippen LogP contribution is 2.34. The fraction of sp³-hybridized carbons (Fsp3) is 0.440. The van der Waals surface area contributed by atoms with Crippen LogP contribution in [0.3, 0.4) is 0 Å². The highest BCUT2D eigenvalue weighted by molar-refractivity contribution is 6.33. The van der Waals surface area contributed by atoms with Crippen molar-refractivity contribution in [3.05, 3.63) is 69.7 Å². The summed E-state index contributed by atoms with van der Waals surface area (Å²) in [6, 6.07) is 13.0. The summed E-state index contributed by atoms with van der Waals surface area (Å²) in [5.74, 6) is 1.24. The number of likely N-dealkylation sites (tertiary alicyclic amines) is 1. The molecule has 0 saturated carbocycles. The summed E-state index contributed by atoms with van der Waals surface area (Å²) in [6.45, 7) is 3.81. The Bertz CT molecular complexity index is 1010. The van der Waals surface area contributed by atoms with Crippen molar-refractivity contribution in [2.75, 3.05) is 26.2 Å². The van der Waals surface area contributed by atoms with Gasteiger partial charge in [-0.05, 0) is 86.0 Å². The number of rotatable bonds is 3. The van der Waals surface area contributed by atoms with Crippen molar-refractivity contribution < 1.29 is 9.59 Å². The number of fused-ring (bicyclic) bond motifs is 2. The molecular formula is C25H28ClN3O2. The van der Waals surface area contributed by atoms with Crippen molar-refractivity contribution in [3.8, 4) is 0 Å². The number of halogens is 1. The van der Waals surface area contributed by atoms with Crippen molar-refractivity contribution in [1.29, 1.82) is 0 Å². The minimum Gasteiger partial charge on any atom is -0.345 e. The van der Waals surface area contributed by atoms with E-state index >= 15 is 0 Å². The molecule has 1 aliphatic carbocycles. The monoisotopic (exact) mass is 437 g/mol. The van der Waals surface area contributed by atoms with Crippen molar-refractivity contribution >= 4 is 23.4 Å². The molecule has 2 amide bonds. The molecule has 5 rings (SSSR count). The van der Waals surface area contributed by atoms with Crippen LogP contribution in [0.15, 0.2) is 42.5 Å². The minimum atomic E-state index is -0.173. The first-order valence-corrected chi connectivity index (χ1v) is 11.7. The molecule has 2 saturated heterocycles. The quantitative estimate of drug-likeness (QED) is 0.767. The number of hydrogen-bond acceptors (Lipinski definition) is 3. The van der Waals surface area contributed by atoms with Crippen LogP contribution in [0.1, 0.15) is 57.1 Å². The van der Waals surface area contributed by atoms with Crippen LogP contribution in [0.2, 0.25) is 5.02 Å². The second-order valence-electron chi connectivity index (χ2n) is 9.01. The van der Waals surface area contributed by atoms with Gasteiger partial charge in [-0.25, -0.2) is 0 Å². The van der Waals surface area contributed by atoms with Crippen LogP contribution in [0.4, 0.5) is 0 Å². The van der Waals surface area contributed by atoms with E-state index in [0.29, 0.717) is 22.4 Å². The summed E-state index contributed by atoms with van der Waals surface area (Å²) in [6.07, 6.45) is 3.96. The van der Waals surface area contributed by atoms with Crippen LogP contribution in [0.25, 0.3) is 0 Å². The lowest BCUT2D eigenvalue weighted by molar-refractivity contribution is 0.0545. The van der Waals surface area contributed by atoms with Crippen LogP contribution in [-0.2, 0) is 6.42 Å². The second-order valence-corrected chi connectivity index (χ2v) is 9.42. The summed E-state index contributed by atoms with van der Waals surface area (Å²) in [4.78, 5) is 28.1. The van der Waals surface area contributed by atoms with Gasteiger partial charge in [-0.15, -0.1) is 0 Å². The molecule has 2 N–H and O–H groups in total. The first-order chi connectivity index (χ1) is 15.1. The van der Waals surface area contributed by atoms with Crippen LogP contribution >= 0.6 is 11.6 Å². The van der Waals surface area contributed by atoms with E-state index in [9.17, 15) is 9.59 Å². The zero-order valence-electron chi connectivity index (χ0n) is 17.6. The molecule has 3 aliphatic rings. The van der Waals surface area contributed by atoms with Gasteiger partial charge in [0.2, 0.25) is 0 Å². The maximum atomic E-state index is 13.3. The van der Waals surface area contributed by atoms with E-state index in [1.807, 2.05) is 29.2 Å². The lowest BCUT2D eigenvalue weighted by atomic mass is 9.81. The third-order valence-electron chi connectivity index (χ3n) is 7.17. The molecule has 2 aromatic rings. The van der Waals surface area contributed by atoms with Gasteiger partial charge in [0, 0.05) is 18.7 Å². The van der Waals surface area contributed by atoms with Crippen molar-refractivity contribution in [3.63, 3.8) is 0 Å². The molecule has 162 valence electrons. The molecule has 0 bridgehead atoms. The first-order valence-electron chi connectivity index (χ1n) is 11.3. The third-order valence-corrected chi connectivity index (χ3v) is 7.50. The number of aryl methyl sites for hydroxylation is 1. The number of nitrogens with one attached hydrogen (secondary N) is 2. The highest BCUT2D eigenvalue weighted by Gasteiger charge is 2.34. The number of amides is 2. The zero-order chi connectivity index (χ0) is 21.4. The molecule has 3 unspecified atom stereocenters. The smallest absolute Gasteiger partial charge is 0.253 e. The van der Waals surface area contributed by atoms with Crippen molar-refractivity contribution in [2.45, 2.75) is 31.7 Å². The van der Waals surface area contributed by atoms with E-state index in [0.717, 1.165) is 63.0 Å². The molecule has 0 radical (unpaired) electrons. The summed E-state index contributed by atoms with van der Waals surface area (Å²) in [5.41, 5.74) is 3.47. The molecule has 6 heteroatoms. The summed E-state index contributed by atoms with van der Waals surface area (Å²) < 4.78 is 0. The molecule has 2 heterocycles. The molecule has 2 aliphatic heterocycles. The van der Waals surface area contributed by atoms with E-state index in [2.05, 4.69) is 16.7 Å². The fourth-order valence-corrected chi connectivity index (χ4v) is 5.61. The predicted molar refractivity (Wildman–Crippen MR) is 121 cm³/mol. The minimum absolute atomic E-state index is 0.0957. The number of hydrogen-bond donors (Lipinski definition) is 2. The predicted octanol–water partition coefficient (Wildman–Crippen LogP) is 3.83. The average Bonchev–Trinajstić information content (AvgIpc) is 3.20. The zero-order valence-corrected chi connectivity index (χ0v) is 18.3. The Balaban J connectivity index is 1.31. The van der Waals surface area contributed by atoms with E-state index < -0.39 is 0 Å². The third kappa shape index (κ3) is 4.09. The fourth-order valence-electron chi connectivity index (χ4n) is 5.39. The molecule has 2 fully saturated rings. The van der Waals surface area contributed by atoms with Gasteiger partial charge < -0.3 is 15.5 Å². The Labute approximate surface area is 188 Å². The van der Waals surface area contributed by atoms with E-state index in [-0.39, 0.29) is 17.9 Å². The topological polar surface area (TPSA) is 61.4 Å². The first kappa shape index (κ1) is 20.5. The van der Waals surface area contributed by atoms with Crippen LogP contribution in [0, 0.1) is 11.8 Å². The summed E-state index contributed by atoms with van der Waals surface area (Å²) >= 11 is 6.19. The number of carbonyl (C=O) groups excluding carboxylic acids is 2. The molecular weight excluding hydrogens is 410 g/mol. The largest absolute Gasteiger partial charge is 0.345 e. The molecule has 0 spiro atoms. The Morgan fingerprint density at radius 3 is 2.81 bits per heavy atom. The van der Waals surface area contributed by atoms with Gasteiger partial charge in [0.1, 0.15) is 0 Å². The van der Waals surface area contributed by atoms with Gasteiger partial charge in [-0.3, -0.25) is 9.59 Å². The van der Waals surface area contributed by atoms with Crippen molar-refractivity contribution in [2.24, 2.45) is 11.8 Å². The molecule has 31 heavy (non-hydrogen) atoms. The molecule has 5 nitrogen and oxygen atoms in total. The van der Waals surface area contributed by atoms with Gasteiger partial charge in [0.15, 0.2) is 0 Å². The van der Waals surface area contributed by atoms with Crippen molar-refractivity contribution in [1.82, 2.24) is 15.5 Å². The Morgan fingerprint density at radius 1 is 1.06 bits per heavy atom. The number of nitrogens with zero attached hydrogens (tertiary/aromatic N) is 1. The summed E-state index contributed by atoms with van der Waals surface area (Å²) in [5, 5.41) is 7.04. The SMILES string of the molecule is O=C(NC1CCc2ccc(C(=O)N3CCC4CNCCC4C3)cc21)c1ccccc1Cl. The standard InChI is InChI=1S/C25H28ClN3O2/c26-22-4-2-1-3-20(22)24(30)28-23-8-7-16-5-6-17(13-21(16)23)25(31)29-12-10-18-14-27-11-9-19(18)15-29/h1-6,13,18-19,23,27H,7-12,14-15H2,(H,28,30). The van der Waals surface area contributed by atoms with Gasteiger partial charge >= 0.3 is 0 Å². The van der Waals surface area contributed by atoms with Gasteiger partial charge in [0.25, 0.3) is 11.8 Å². The molecule has 3 atom stereocenters. The normalized spacial score (nSPS) is 24.9. The Hall–Kier alpha value is -2.37. The van der Waals surface area contributed by atoms with Crippen LogP contribution in [0.5, 0.6) is 0 Å². The summed E-state index contributed by atoms with van der Waals surface area (Å²) in [7, 11) is 0. The maximum Gasteiger partial charge on any atom is 0.253 e. The number of carbonyl (C=O) groups is 2. The van der Waals surface area contributed by atoms with Gasteiger partial charge in [0.05, 0.1) is 16.6 Å². The maximum absolute atomic E-state index is 13.3. The van der Waals surface area contributed by atoms with Crippen LogP contribution < -0.4 is 10.6 Å². The van der Waals surface area contributed by atoms with Gasteiger partial charge in [-0.2, -0.15) is 0 Å². The van der Waals surface area contributed by atoms with E-state index in [1.54, 1.807) is 12.1 Å². The lowest BCUT2D eigenvalue weighted by Gasteiger charge is -2.41. The lowest BCUT2D eigenvalue weighted by Crippen LogP contribution is -2.49. The number of piperidine rings is 2. The molecule has 0 aromatic heterocycles. The highest BCUT2D eigenvalue weighted by atomic mass is 35.5. The second kappa shape index (κ2) is 8.64. The van der Waals surface area contributed by atoms with E-state index in [4.69, 9.17) is 11.6 Å². The Kier molecular flexibility index (Phi) is 5.72. The number of benzene rings is 2. The molecule has 2 aromatic carbocycles. The average molecular weight is 438 g/mol. The van der Waals surface area contributed by atoms with Crippen LogP contribution in [-0.4, -0.2) is 42.9 Å².